The Labute approximate surface area is 154 Å². The molecular formula is C17H24F3N3O4. The Hall–Kier alpha value is -1.68. The lowest BCUT2D eigenvalue weighted by molar-refractivity contribution is -0.192. The molecule has 1 aromatic rings. The summed E-state index contributed by atoms with van der Waals surface area (Å²) in [4.78, 5) is 11.6. The van der Waals surface area contributed by atoms with Gasteiger partial charge in [0, 0.05) is 25.4 Å². The van der Waals surface area contributed by atoms with Crippen LogP contribution in [0, 0.1) is 18.8 Å². The number of nitrogens with zero attached hydrogens (tertiary/aromatic N) is 3. The second kappa shape index (κ2) is 8.14. The monoisotopic (exact) mass is 391 g/mol. The van der Waals surface area contributed by atoms with E-state index >= 15 is 0 Å². The molecule has 4 rings (SSSR count). The normalized spacial score (nSPS) is 28.8. The summed E-state index contributed by atoms with van der Waals surface area (Å²) in [5.74, 6) is 0.00771. The van der Waals surface area contributed by atoms with Crippen molar-refractivity contribution >= 4 is 5.97 Å². The Balaban J connectivity index is 0.000000260. The molecule has 0 spiro atoms. The fourth-order valence-corrected chi connectivity index (χ4v) is 4.00. The zero-order valence-electron chi connectivity index (χ0n) is 15.1. The van der Waals surface area contributed by atoms with E-state index in [1.807, 2.05) is 6.92 Å². The van der Waals surface area contributed by atoms with Crippen LogP contribution in [0.3, 0.4) is 0 Å². The van der Waals surface area contributed by atoms with Gasteiger partial charge in [0.15, 0.2) is 0 Å². The molecule has 1 aromatic heterocycles. The lowest BCUT2D eigenvalue weighted by Gasteiger charge is -2.43. The molecule has 0 radical (unpaired) electrons. The number of hydrogen-bond donors (Lipinski definition) is 1. The Morgan fingerprint density at radius 2 is 2.00 bits per heavy atom. The first-order chi connectivity index (χ1) is 12.7. The summed E-state index contributed by atoms with van der Waals surface area (Å²) in [6.07, 6.45) is 1.48. The van der Waals surface area contributed by atoms with Crippen LogP contribution >= 0.6 is 0 Å². The second-order valence-corrected chi connectivity index (χ2v) is 7.39. The molecule has 1 N–H and O–H groups in total. The molecule has 0 unspecified atom stereocenters. The molecule has 0 amide bonds. The third-order valence-corrected chi connectivity index (χ3v) is 5.60. The number of rotatable bonds is 3. The number of aromatic nitrogens is 2. The average molecular weight is 391 g/mol. The molecule has 2 saturated heterocycles. The van der Waals surface area contributed by atoms with E-state index in [0.29, 0.717) is 17.7 Å². The number of piperidine rings is 1. The molecule has 3 aliphatic rings. The zero-order chi connectivity index (χ0) is 19.6. The van der Waals surface area contributed by atoms with Gasteiger partial charge in [0.2, 0.25) is 11.8 Å². The number of carboxylic acid groups (broad SMARTS) is 1. The van der Waals surface area contributed by atoms with Crippen molar-refractivity contribution in [3.05, 3.63) is 11.8 Å². The zero-order valence-corrected chi connectivity index (χ0v) is 15.1. The van der Waals surface area contributed by atoms with Crippen molar-refractivity contribution in [2.75, 3.05) is 19.7 Å². The van der Waals surface area contributed by atoms with Crippen LogP contribution < -0.4 is 0 Å². The molecular weight excluding hydrogens is 367 g/mol. The third-order valence-electron chi connectivity index (χ3n) is 5.60. The molecule has 152 valence electrons. The van der Waals surface area contributed by atoms with E-state index in [-0.39, 0.29) is 6.10 Å². The van der Waals surface area contributed by atoms with Gasteiger partial charge >= 0.3 is 12.1 Å². The maximum absolute atomic E-state index is 10.6. The minimum Gasteiger partial charge on any atom is -0.475 e. The minimum absolute atomic E-state index is 0.281. The topological polar surface area (TPSA) is 88.7 Å². The van der Waals surface area contributed by atoms with Gasteiger partial charge in [0.1, 0.15) is 0 Å². The number of ether oxygens (including phenoxy) is 1. The average Bonchev–Trinajstić information content (AvgIpc) is 3.12. The highest BCUT2D eigenvalue weighted by Crippen LogP contribution is 2.38. The molecule has 3 heterocycles. The van der Waals surface area contributed by atoms with E-state index in [9.17, 15) is 13.2 Å². The van der Waals surface area contributed by atoms with Crippen LogP contribution in [0.5, 0.6) is 0 Å². The fraction of sp³-hybridized carbons (Fsp3) is 0.824. The van der Waals surface area contributed by atoms with Crippen molar-refractivity contribution in [1.82, 2.24) is 15.1 Å². The summed E-state index contributed by atoms with van der Waals surface area (Å²) < 4.78 is 43.3. The minimum atomic E-state index is -5.08. The number of hydrogen-bond acceptors (Lipinski definition) is 6. The van der Waals surface area contributed by atoms with Gasteiger partial charge in [-0.25, -0.2) is 4.79 Å². The van der Waals surface area contributed by atoms with Crippen LogP contribution in [0.15, 0.2) is 4.42 Å². The second-order valence-electron chi connectivity index (χ2n) is 7.39. The molecule has 1 aliphatic carbocycles. The maximum atomic E-state index is 10.6. The van der Waals surface area contributed by atoms with Gasteiger partial charge in [0.25, 0.3) is 0 Å². The first-order valence-electron chi connectivity index (χ1n) is 9.18. The molecule has 3 fully saturated rings. The van der Waals surface area contributed by atoms with Crippen LogP contribution in [0.1, 0.15) is 37.5 Å². The van der Waals surface area contributed by atoms with E-state index in [2.05, 4.69) is 15.1 Å². The molecule has 0 aromatic carbocycles. The van der Waals surface area contributed by atoms with Crippen LogP contribution in [0.2, 0.25) is 0 Å². The van der Waals surface area contributed by atoms with E-state index < -0.39 is 12.1 Å². The number of halogens is 3. The summed E-state index contributed by atoms with van der Waals surface area (Å²) in [5, 5.41) is 15.1. The lowest BCUT2D eigenvalue weighted by atomic mass is 9.81. The number of carboxylic acids is 1. The predicted molar refractivity (Wildman–Crippen MR) is 87.0 cm³/mol. The molecule has 3 atom stereocenters. The molecule has 1 saturated carbocycles. The van der Waals surface area contributed by atoms with Gasteiger partial charge < -0.3 is 19.2 Å². The summed E-state index contributed by atoms with van der Waals surface area (Å²) in [6, 6.07) is 0.869. The highest BCUT2D eigenvalue weighted by atomic mass is 19.4. The lowest BCUT2D eigenvalue weighted by Crippen LogP contribution is -2.49. The van der Waals surface area contributed by atoms with E-state index in [1.165, 1.54) is 38.8 Å². The van der Waals surface area contributed by atoms with Gasteiger partial charge in [-0.3, -0.25) is 0 Å². The van der Waals surface area contributed by atoms with Crippen molar-refractivity contribution in [3.63, 3.8) is 0 Å². The largest absolute Gasteiger partial charge is 0.490 e. The summed E-state index contributed by atoms with van der Waals surface area (Å²) in [6.45, 7) is 5.22. The summed E-state index contributed by atoms with van der Waals surface area (Å²) >= 11 is 0. The molecule has 2 aliphatic heterocycles. The van der Waals surface area contributed by atoms with Crippen molar-refractivity contribution in [2.24, 2.45) is 11.8 Å². The van der Waals surface area contributed by atoms with Crippen LogP contribution in [-0.2, 0) is 16.0 Å². The SMILES string of the molecule is Cc1nnc(C[C@@H]2OC[C@H]3CN(C4CCC4)CC[C@H]32)o1.O=C(O)C(F)(F)F. The van der Waals surface area contributed by atoms with Crippen LogP contribution in [0.25, 0.3) is 0 Å². The smallest absolute Gasteiger partial charge is 0.475 e. The van der Waals surface area contributed by atoms with E-state index in [1.54, 1.807) is 0 Å². The maximum Gasteiger partial charge on any atom is 0.490 e. The first-order valence-corrected chi connectivity index (χ1v) is 9.18. The number of aryl methyl sites for hydroxylation is 1. The highest BCUT2D eigenvalue weighted by Gasteiger charge is 2.43. The van der Waals surface area contributed by atoms with Gasteiger partial charge in [-0.15, -0.1) is 10.2 Å². The van der Waals surface area contributed by atoms with E-state index in [4.69, 9.17) is 19.1 Å². The molecule has 7 nitrogen and oxygen atoms in total. The Bertz CT molecular complexity index is 648. The predicted octanol–water partition coefficient (Wildman–Crippen LogP) is 2.44. The highest BCUT2D eigenvalue weighted by molar-refractivity contribution is 5.73. The Kier molecular flexibility index (Phi) is 6.05. The molecule has 10 heteroatoms. The third kappa shape index (κ3) is 4.98. The number of likely N-dealkylation sites (tertiary alicyclic amines) is 1. The standard InChI is InChI=1S/C15H23N3O2.C2HF3O2/c1-10-16-17-15(20-10)7-14-13-5-6-18(12-3-2-4-12)8-11(13)9-19-14;3-2(4,5)1(6)7/h11-14H,2-9H2,1H3;(H,6,7)/t11-,13-,14+;/m1./s1. The van der Waals surface area contributed by atoms with Crippen molar-refractivity contribution in [2.45, 2.75) is 57.3 Å². The van der Waals surface area contributed by atoms with Crippen LogP contribution in [0.4, 0.5) is 13.2 Å². The number of aliphatic carboxylic acids is 1. The van der Waals surface area contributed by atoms with Gasteiger partial charge in [-0.05, 0) is 31.7 Å². The Morgan fingerprint density at radius 3 is 2.52 bits per heavy atom. The summed E-state index contributed by atoms with van der Waals surface area (Å²) in [7, 11) is 0. The van der Waals surface area contributed by atoms with Gasteiger partial charge in [-0.2, -0.15) is 13.2 Å². The molecule has 27 heavy (non-hydrogen) atoms. The first kappa shape index (κ1) is 20.1. The number of carbonyl (C=O) groups is 1. The van der Waals surface area contributed by atoms with Gasteiger partial charge in [-0.1, -0.05) is 6.42 Å². The Morgan fingerprint density at radius 1 is 1.30 bits per heavy atom. The number of fused-ring (bicyclic) bond motifs is 1. The van der Waals surface area contributed by atoms with E-state index in [0.717, 1.165) is 25.0 Å². The molecule has 0 bridgehead atoms. The number of alkyl halides is 3. The van der Waals surface area contributed by atoms with Crippen molar-refractivity contribution in [3.8, 4) is 0 Å². The van der Waals surface area contributed by atoms with Crippen molar-refractivity contribution in [1.29, 1.82) is 0 Å². The quantitative estimate of drug-likeness (QED) is 0.847. The van der Waals surface area contributed by atoms with Gasteiger partial charge in [0.05, 0.1) is 19.1 Å². The van der Waals surface area contributed by atoms with Crippen molar-refractivity contribution < 1.29 is 32.2 Å². The summed E-state index contributed by atoms with van der Waals surface area (Å²) in [5.41, 5.74) is 0. The van der Waals surface area contributed by atoms with Crippen LogP contribution in [-0.4, -0.2) is 64.2 Å². The fourth-order valence-electron chi connectivity index (χ4n) is 4.00.